The van der Waals surface area contributed by atoms with Crippen LogP contribution in [0.25, 0.3) is 0 Å². The van der Waals surface area contributed by atoms with E-state index in [-0.39, 0.29) is 35.9 Å². The second kappa shape index (κ2) is 6.89. The highest BCUT2D eigenvalue weighted by Gasteiger charge is 2.24. The summed E-state index contributed by atoms with van der Waals surface area (Å²) in [5, 5.41) is 18.7. The van der Waals surface area contributed by atoms with Crippen LogP contribution in [0, 0.1) is 11.3 Å². The maximum absolute atomic E-state index is 12.0. The zero-order chi connectivity index (χ0) is 16.1. The quantitative estimate of drug-likeness (QED) is 0.842. The molecule has 1 fully saturated rings. The Hall–Kier alpha value is -2.62. The Morgan fingerprint density at radius 1 is 1.55 bits per heavy atom. The van der Waals surface area contributed by atoms with Crippen LogP contribution in [0.4, 0.5) is 0 Å². The lowest BCUT2D eigenvalue weighted by molar-refractivity contribution is -0.133. The van der Waals surface area contributed by atoms with E-state index in [4.69, 9.17) is 10.00 Å². The van der Waals surface area contributed by atoms with Crippen LogP contribution in [0.5, 0.6) is 5.88 Å². The van der Waals surface area contributed by atoms with E-state index in [1.807, 2.05) is 0 Å². The number of rotatable bonds is 4. The number of nitriles is 1. The molecular weight excluding hydrogens is 286 g/mol. The maximum atomic E-state index is 12.0. The van der Waals surface area contributed by atoms with E-state index in [2.05, 4.69) is 4.98 Å². The number of aromatic nitrogens is 1. The van der Waals surface area contributed by atoms with E-state index < -0.39 is 11.8 Å². The zero-order valence-electron chi connectivity index (χ0n) is 12.3. The Morgan fingerprint density at radius 3 is 2.95 bits per heavy atom. The zero-order valence-corrected chi connectivity index (χ0v) is 12.3. The summed E-state index contributed by atoms with van der Waals surface area (Å²) in [6, 6.07) is 3.03. The van der Waals surface area contributed by atoms with Gasteiger partial charge in [-0.3, -0.25) is 4.79 Å². The minimum absolute atomic E-state index is 0.00768. The smallest absolute Gasteiger partial charge is 0.340 e. The van der Waals surface area contributed by atoms with Crippen molar-refractivity contribution >= 4 is 11.9 Å². The summed E-state index contributed by atoms with van der Waals surface area (Å²) in [7, 11) is 0. The third-order valence-electron chi connectivity index (χ3n) is 3.46. The summed E-state index contributed by atoms with van der Waals surface area (Å²) < 4.78 is 4.95. The molecule has 7 heteroatoms. The van der Waals surface area contributed by atoms with Crippen LogP contribution in [0.3, 0.4) is 0 Å². The number of aromatic hydroxyl groups is 1. The van der Waals surface area contributed by atoms with E-state index in [1.54, 1.807) is 17.9 Å². The van der Waals surface area contributed by atoms with Crippen LogP contribution in [-0.2, 0) is 16.1 Å². The third-order valence-corrected chi connectivity index (χ3v) is 3.46. The first kappa shape index (κ1) is 15.8. The summed E-state index contributed by atoms with van der Waals surface area (Å²) in [6.07, 6.45) is 2.21. The van der Waals surface area contributed by atoms with Crippen molar-refractivity contribution in [1.29, 1.82) is 5.26 Å². The number of pyridine rings is 1. The van der Waals surface area contributed by atoms with Gasteiger partial charge in [0.25, 0.3) is 0 Å². The Morgan fingerprint density at radius 2 is 2.32 bits per heavy atom. The lowest BCUT2D eigenvalue weighted by Crippen LogP contribution is -2.35. The molecule has 2 rings (SSSR count). The van der Waals surface area contributed by atoms with E-state index in [1.165, 1.54) is 6.07 Å². The molecule has 0 unspecified atom stereocenters. The monoisotopic (exact) mass is 303 g/mol. The van der Waals surface area contributed by atoms with Gasteiger partial charge < -0.3 is 14.7 Å². The minimum Gasteiger partial charge on any atom is -0.492 e. The van der Waals surface area contributed by atoms with Gasteiger partial charge in [0, 0.05) is 13.0 Å². The van der Waals surface area contributed by atoms with Crippen LogP contribution in [0.15, 0.2) is 6.07 Å². The van der Waals surface area contributed by atoms with Crippen LogP contribution in [-0.4, -0.2) is 40.0 Å². The van der Waals surface area contributed by atoms with Crippen molar-refractivity contribution in [3.63, 3.8) is 0 Å². The number of hydrogen-bond donors (Lipinski definition) is 1. The van der Waals surface area contributed by atoms with E-state index in [0.717, 1.165) is 12.8 Å². The van der Waals surface area contributed by atoms with Crippen LogP contribution in [0.1, 0.15) is 47.8 Å². The lowest BCUT2D eigenvalue weighted by atomic mass is 10.1. The fourth-order valence-corrected chi connectivity index (χ4v) is 2.34. The van der Waals surface area contributed by atoms with E-state index in [0.29, 0.717) is 13.0 Å². The van der Waals surface area contributed by atoms with Gasteiger partial charge in [-0.2, -0.15) is 5.26 Å². The molecule has 1 aromatic rings. The molecule has 1 saturated heterocycles. The third kappa shape index (κ3) is 3.34. The largest absolute Gasteiger partial charge is 0.492 e. The first-order valence-corrected chi connectivity index (χ1v) is 7.14. The summed E-state index contributed by atoms with van der Waals surface area (Å²) in [5.41, 5.74) is 0.247. The molecule has 1 N–H and O–H groups in total. The highest BCUT2D eigenvalue weighted by molar-refractivity contribution is 5.91. The molecule has 0 radical (unpaired) electrons. The van der Waals surface area contributed by atoms with E-state index >= 15 is 0 Å². The van der Waals surface area contributed by atoms with Gasteiger partial charge in [-0.1, -0.05) is 0 Å². The molecule has 0 bridgehead atoms. The topological polar surface area (TPSA) is 104 Å². The van der Waals surface area contributed by atoms with Crippen molar-refractivity contribution in [1.82, 2.24) is 9.88 Å². The second-order valence-electron chi connectivity index (χ2n) is 4.96. The number of ether oxygens (including phenoxy) is 1. The van der Waals surface area contributed by atoms with Gasteiger partial charge in [0.2, 0.25) is 11.8 Å². The number of carbonyl (C=O) groups is 2. The minimum atomic E-state index is -0.619. The number of nitrogens with zero attached hydrogens (tertiary/aromatic N) is 3. The molecule has 1 amide bonds. The molecular formula is C15H17N3O4. The average molecular weight is 303 g/mol. The second-order valence-corrected chi connectivity index (χ2v) is 4.96. The molecule has 0 atom stereocenters. The summed E-state index contributed by atoms with van der Waals surface area (Å²) in [4.78, 5) is 29.4. The first-order chi connectivity index (χ1) is 10.6. The SMILES string of the molecule is CCOC(=O)c1cc(C#N)c(O)nc1CN1CCCCC1=O. The first-order valence-electron chi connectivity index (χ1n) is 7.14. The number of amides is 1. The standard InChI is InChI=1S/C15H17N3O4/c1-2-22-15(21)11-7-10(8-16)14(20)17-12(11)9-18-6-4-3-5-13(18)19/h7H,2-6,9H2,1H3,(H,17,20). The van der Waals surface area contributed by atoms with E-state index in [9.17, 15) is 14.7 Å². The molecule has 0 aromatic carbocycles. The van der Waals surface area contributed by atoms with Gasteiger partial charge in [-0.25, -0.2) is 9.78 Å². The Labute approximate surface area is 128 Å². The predicted octanol–water partition coefficient (Wildman–Crippen LogP) is 1.35. The van der Waals surface area contributed by atoms with Crippen molar-refractivity contribution in [2.24, 2.45) is 0 Å². The summed E-state index contributed by atoms with van der Waals surface area (Å²) in [5.74, 6) is -1.08. The molecule has 2 heterocycles. The van der Waals surface area contributed by atoms with Crippen LogP contribution < -0.4 is 0 Å². The van der Waals surface area contributed by atoms with Gasteiger partial charge in [-0.15, -0.1) is 0 Å². The summed E-state index contributed by atoms with van der Waals surface area (Å²) >= 11 is 0. The summed E-state index contributed by atoms with van der Waals surface area (Å²) in [6.45, 7) is 2.56. The molecule has 116 valence electrons. The lowest BCUT2D eigenvalue weighted by Gasteiger charge is -2.27. The predicted molar refractivity (Wildman–Crippen MR) is 75.8 cm³/mol. The van der Waals surface area contributed by atoms with Crippen molar-refractivity contribution in [2.75, 3.05) is 13.2 Å². The van der Waals surface area contributed by atoms with Gasteiger partial charge >= 0.3 is 5.97 Å². The molecule has 1 aliphatic rings. The van der Waals surface area contributed by atoms with Crippen molar-refractivity contribution < 1.29 is 19.4 Å². The number of carbonyl (C=O) groups excluding carboxylic acids is 2. The van der Waals surface area contributed by atoms with Crippen molar-refractivity contribution in [3.8, 4) is 11.9 Å². The fraction of sp³-hybridized carbons (Fsp3) is 0.467. The Bertz CT molecular complexity index is 636. The molecule has 0 saturated carbocycles. The van der Waals surface area contributed by atoms with Crippen LogP contribution >= 0.6 is 0 Å². The fourth-order valence-electron chi connectivity index (χ4n) is 2.34. The average Bonchev–Trinajstić information content (AvgIpc) is 2.50. The van der Waals surface area contributed by atoms with Gasteiger partial charge in [-0.05, 0) is 25.8 Å². The number of hydrogen-bond acceptors (Lipinski definition) is 6. The van der Waals surface area contributed by atoms with Gasteiger partial charge in [0.15, 0.2) is 0 Å². The molecule has 22 heavy (non-hydrogen) atoms. The molecule has 0 aliphatic carbocycles. The highest BCUT2D eigenvalue weighted by atomic mass is 16.5. The molecule has 1 aliphatic heterocycles. The number of piperidine rings is 1. The maximum Gasteiger partial charge on any atom is 0.340 e. The van der Waals surface area contributed by atoms with Crippen molar-refractivity contribution in [2.45, 2.75) is 32.7 Å². The van der Waals surface area contributed by atoms with Gasteiger partial charge in [0.05, 0.1) is 24.4 Å². The normalized spacial score (nSPS) is 14.5. The van der Waals surface area contributed by atoms with Gasteiger partial charge in [0.1, 0.15) is 11.6 Å². The van der Waals surface area contributed by atoms with Crippen molar-refractivity contribution in [3.05, 3.63) is 22.9 Å². The Balaban J connectivity index is 2.35. The molecule has 0 spiro atoms. The Kier molecular flexibility index (Phi) is 4.94. The highest BCUT2D eigenvalue weighted by Crippen LogP contribution is 2.22. The molecule has 1 aromatic heterocycles. The number of likely N-dealkylation sites (tertiary alicyclic amines) is 1. The van der Waals surface area contributed by atoms with Crippen LogP contribution in [0.2, 0.25) is 0 Å². The number of esters is 1. The molecule has 7 nitrogen and oxygen atoms in total.